The predicted molar refractivity (Wildman–Crippen MR) is 66.2 cm³/mol. The van der Waals surface area contributed by atoms with E-state index in [9.17, 15) is 0 Å². The molecule has 0 saturated carbocycles. The summed E-state index contributed by atoms with van der Waals surface area (Å²) in [6.07, 6.45) is 0. The number of aliphatic hydroxyl groups is 1. The van der Waals surface area contributed by atoms with Gasteiger partial charge in [0.25, 0.3) is 5.89 Å². The van der Waals surface area contributed by atoms with Crippen LogP contribution in [0, 0.1) is 6.92 Å². The van der Waals surface area contributed by atoms with E-state index in [0.29, 0.717) is 11.7 Å². The summed E-state index contributed by atoms with van der Waals surface area (Å²) in [7, 11) is 0. The number of aliphatic hydroxyl groups excluding tert-OH is 1. The lowest BCUT2D eigenvalue weighted by Crippen LogP contribution is -2.15. The number of benzene rings is 1. The summed E-state index contributed by atoms with van der Waals surface area (Å²) in [5.41, 5.74) is 7.51. The molecule has 6 heteroatoms. The average molecular weight is 298 g/mol. The van der Waals surface area contributed by atoms with Crippen molar-refractivity contribution in [1.82, 2.24) is 10.1 Å². The molecule has 1 aromatic heterocycles. The first-order valence-electron chi connectivity index (χ1n) is 5.08. The second-order valence-corrected chi connectivity index (χ2v) is 4.68. The molecule has 1 atom stereocenters. The highest BCUT2D eigenvalue weighted by Crippen LogP contribution is 2.24. The number of hydrogen-bond donors (Lipinski definition) is 2. The van der Waals surface area contributed by atoms with E-state index in [1.165, 1.54) is 0 Å². The van der Waals surface area contributed by atoms with Gasteiger partial charge in [-0.3, -0.25) is 0 Å². The largest absolute Gasteiger partial charge is 0.394 e. The summed E-state index contributed by atoms with van der Waals surface area (Å²) in [4.78, 5) is 4.15. The lowest BCUT2D eigenvalue weighted by Gasteiger charge is -2.00. The molecule has 1 unspecified atom stereocenters. The van der Waals surface area contributed by atoms with E-state index >= 15 is 0 Å². The quantitative estimate of drug-likeness (QED) is 0.902. The lowest BCUT2D eigenvalue weighted by molar-refractivity contribution is 0.260. The van der Waals surface area contributed by atoms with Crippen molar-refractivity contribution in [3.63, 3.8) is 0 Å². The molecule has 2 rings (SSSR count). The Balaban J connectivity index is 2.36. The van der Waals surface area contributed by atoms with Gasteiger partial charge in [0, 0.05) is 10.0 Å². The first-order valence-corrected chi connectivity index (χ1v) is 5.87. The van der Waals surface area contributed by atoms with Crippen molar-refractivity contribution in [2.24, 2.45) is 5.73 Å². The molecular formula is C11H12BrN3O2. The van der Waals surface area contributed by atoms with E-state index in [1.54, 1.807) is 0 Å². The van der Waals surface area contributed by atoms with E-state index < -0.39 is 6.04 Å². The fourth-order valence-corrected chi connectivity index (χ4v) is 2.05. The summed E-state index contributed by atoms with van der Waals surface area (Å²) in [5.74, 6) is 0.702. The van der Waals surface area contributed by atoms with Gasteiger partial charge in [-0.2, -0.15) is 4.98 Å². The highest BCUT2D eigenvalue weighted by Gasteiger charge is 2.14. The zero-order valence-corrected chi connectivity index (χ0v) is 10.8. The zero-order valence-electron chi connectivity index (χ0n) is 9.22. The van der Waals surface area contributed by atoms with Crippen LogP contribution < -0.4 is 5.73 Å². The van der Waals surface area contributed by atoms with Crippen molar-refractivity contribution in [2.45, 2.75) is 13.0 Å². The van der Waals surface area contributed by atoms with Crippen LogP contribution in [0.15, 0.2) is 27.2 Å². The second kappa shape index (κ2) is 4.95. The molecular weight excluding hydrogens is 286 g/mol. The number of halogens is 1. The molecule has 0 amide bonds. The summed E-state index contributed by atoms with van der Waals surface area (Å²) in [6, 6.07) is 5.20. The molecule has 0 radical (unpaired) electrons. The molecule has 1 heterocycles. The van der Waals surface area contributed by atoms with Gasteiger partial charge in [-0.1, -0.05) is 21.1 Å². The maximum absolute atomic E-state index is 8.90. The van der Waals surface area contributed by atoms with Crippen LogP contribution in [0.2, 0.25) is 0 Å². The highest BCUT2D eigenvalue weighted by atomic mass is 79.9. The Labute approximate surface area is 107 Å². The summed E-state index contributed by atoms with van der Waals surface area (Å²) in [5, 5.41) is 12.6. The molecule has 17 heavy (non-hydrogen) atoms. The average Bonchev–Trinajstić information content (AvgIpc) is 2.76. The number of nitrogens with zero attached hydrogens (tertiary/aromatic N) is 2. The van der Waals surface area contributed by atoms with E-state index in [0.717, 1.165) is 15.6 Å². The molecule has 90 valence electrons. The molecule has 0 aliphatic heterocycles. The van der Waals surface area contributed by atoms with Gasteiger partial charge in [-0.05, 0) is 30.7 Å². The van der Waals surface area contributed by atoms with Gasteiger partial charge in [0.15, 0.2) is 5.82 Å². The Hall–Kier alpha value is -1.24. The van der Waals surface area contributed by atoms with Crippen LogP contribution in [0.3, 0.4) is 0 Å². The predicted octanol–water partition coefficient (Wildman–Crippen LogP) is 1.80. The van der Waals surface area contributed by atoms with Crippen LogP contribution >= 0.6 is 15.9 Å². The maximum Gasteiger partial charge on any atom is 0.258 e. The van der Waals surface area contributed by atoms with Crippen molar-refractivity contribution in [2.75, 3.05) is 6.61 Å². The molecule has 3 N–H and O–H groups in total. The second-order valence-electron chi connectivity index (χ2n) is 3.76. The third-order valence-corrected chi connectivity index (χ3v) is 2.72. The van der Waals surface area contributed by atoms with Gasteiger partial charge < -0.3 is 15.4 Å². The standard InChI is InChI=1S/C11H12BrN3O2/c1-6-2-7(4-8(12)3-6)11-14-10(15-17-11)9(13)5-16/h2-4,9,16H,5,13H2,1H3. The number of nitrogens with two attached hydrogens (primary N) is 1. The first kappa shape index (κ1) is 12.2. The zero-order chi connectivity index (χ0) is 12.4. The Kier molecular flexibility index (Phi) is 3.56. The molecule has 1 aromatic carbocycles. The van der Waals surface area contributed by atoms with Crippen LogP contribution in [0.5, 0.6) is 0 Å². The van der Waals surface area contributed by atoms with E-state index in [-0.39, 0.29) is 6.61 Å². The summed E-state index contributed by atoms with van der Waals surface area (Å²) < 4.78 is 6.05. The van der Waals surface area contributed by atoms with Gasteiger partial charge in [0.05, 0.1) is 12.6 Å². The van der Waals surface area contributed by atoms with Crippen LogP contribution in [-0.2, 0) is 0 Å². The van der Waals surface area contributed by atoms with E-state index in [1.807, 2.05) is 25.1 Å². The topological polar surface area (TPSA) is 85.2 Å². The van der Waals surface area contributed by atoms with Gasteiger partial charge in [-0.25, -0.2) is 0 Å². The number of aryl methyl sites for hydroxylation is 1. The van der Waals surface area contributed by atoms with Gasteiger partial charge in [0.1, 0.15) is 0 Å². The fraction of sp³-hybridized carbons (Fsp3) is 0.273. The normalized spacial score (nSPS) is 12.7. The number of rotatable bonds is 3. The Morgan fingerprint density at radius 3 is 2.88 bits per heavy atom. The van der Waals surface area contributed by atoms with Gasteiger partial charge in [0.2, 0.25) is 0 Å². The van der Waals surface area contributed by atoms with Crippen molar-refractivity contribution >= 4 is 15.9 Å². The third-order valence-electron chi connectivity index (χ3n) is 2.26. The Bertz CT molecular complexity index is 507. The van der Waals surface area contributed by atoms with Gasteiger partial charge in [-0.15, -0.1) is 0 Å². The van der Waals surface area contributed by atoms with E-state index in [4.69, 9.17) is 15.4 Å². The Morgan fingerprint density at radius 2 is 2.24 bits per heavy atom. The van der Waals surface area contributed by atoms with Crippen LogP contribution in [0.25, 0.3) is 11.5 Å². The molecule has 0 spiro atoms. The van der Waals surface area contributed by atoms with Crippen LogP contribution in [0.1, 0.15) is 17.4 Å². The fourth-order valence-electron chi connectivity index (χ4n) is 1.44. The maximum atomic E-state index is 8.90. The molecule has 0 aliphatic carbocycles. The minimum Gasteiger partial charge on any atom is -0.394 e. The molecule has 2 aromatic rings. The van der Waals surface area contributed by atoms with Crippen molar-refractivity contribution in [1.29, 1.82) is 0 Å². The van der Waals surface area contributed by atoms with Crippen molar-refractivity contribution < 1.29 is 9.63 Å². The SMILES string of the molecule is Cc1cc(Br)cc(-c2nc(C(N)CO)no2)c1. The van der Waals surface area contributed by atoms with E-state index in [2.05, 4.69) is 26.1 Å². The minimum atomic E-state index is -0.610. The van der Waals surface area contributed by atoms with Gasteiger partial charge >= 0.3 is 0 Å². The van der Waals surface area contributed by atoms with Crippen molar-refractivity contribution in [3.8, 4) is 11.5 Å². The summed E-state index contributed by atoms with van der Waals surface area (Å²) >= 11 is 3.41. The van der Waals surface area contributed by atoms with Crippen LogP contribution in [0.4, 0.5) is 0 Å². The first-order chi connectivity index (χ1) is 8.10. The minimum absolute atomic E-state index is 0.212. The smallest absolute Gasteiger partial charge is 0.258 e. The van der Waals surface area contributed by atoms with Crippen LogP contribution in [-0.4, -0.2) is 21.9 Å². The molecule has 0 saturated heterocycles. The summed E-state index contributed by atoms with van der Waals surface area (Å²) in [6.45, 7) is 1.77. The number of aromatic nitrogens is 2. The Morgan fingerprint density at radius 1 is 1.47 bits per heavy atom. The highest BCUT2D eigenvalue weighted by molar-refractivity contribution is 9.10. The third kappa shape index (κ3) is 2.71. The van der Waals surface area contributed by atoms with Crippen molar-refractivity contribution in [3.05, 3.63) is 34.1 Å². The molecule has 0 aliphatic rings. The lowest BCUT2D eigenvalue weighted by atomic mass is 10.1. The molecule has 0 fully saturated rings. The number of hydrogen-bond acceptors (Lipinski definition) is 5. The molecule has 0 bridgehead atoms. The molecule has 5 nitrogen and oxygen atoms in total. The monoisotopic (exact) mass is 297 g/mol.